The minimum absolute atomic E-state index is 0.119. The van der Waals surface area contributed by atoms with Crippen molar-refractivity contribution >= 4 is 46.3 Å². The topological polar surface area (TPSA) is 49.4 Å². The summed E-state index contributed by atoms with van der Waals surface area (Å²) in [6.45, 7) is 0. The van der Waals surface area contributed by atoms with Gasteiger partial charge in [-0.3, -0.25) is 14.5 Å². The van der Waals surface area contributed by atoms with E-state index in [9.17, 15) is 22.8 Å². The summed E-state index contributed by atoms with van der Waals surface area (Å²) in [4.78, 5) is 27.1. The molecule has 1 aliphatic rings. The molecule has 0 saturated carbocycles. The summed E-state index contributed by atoms with van der Waals surface area (Å²) in [6.07, 6.45) is -4.13. The number of carbonyl (C=O) groups is 2. The Kier molecular flexibility index (Phi) is 6.06. The highest BCUT2D eigenvalue weighted by Crippen LogP contribution is 2.42. The second kappa shape index (κ2) is 8.76. The van der Waals surface area contributed by atoms with Gasteiger partial charge in [-0.25, -0.2) is 0 Å². The molecule has 4 nitrogen and oxygen atoms in total. The SMILES string of the molecule is O=C(Cc1cccs1)Nc1ccc([C@@H]2SCC(=O)N2c2ccc(C(F)(F)F)cc2)cc1. The number of nitrogens with one attached hydrogen (secondary N) is 1. The third-order valence-corrected chi connectivity index (χ3v) is 6.82. The maximum atomic E-state index is 12.8. The Labute approximate surface area is 185 Å². The molecule has 0 aliphatic carbocycles. The van der Waals surface area contributed by atoms with Crippen LogP contribution < -0.4 is 10.2 Å². The second-order valence-electron chi connectivity index (χ2n) is 6.90. The first kappa shape index (κ1) is 21.5. The van der Waals surface area contributed by atoms with Crippen LogP contribution in [0.25, 0.3) is 0 Å². The molecule has 0 bridgehead atoms. The van der Waals surface area contributed by atoms with Crippen molar-refractivity contribution in [1.82, 2.24) is 0 Å². The molecular formula is C22H17F3N2O2S2. The molecule has 3 aromatic rings. The van der Waals surface area contributed by atoms with Crippen LogP contribution in [0.5, 0.6) is 0 Å². The molecule has 0 unspecified atom stereocenters. The van der Waals surface area contributed by atoms with Crippen LogP contribution in [0.4, 0.5) is 24.5 Å². The van der Waals surface area contributed by atoms with Gasteiger partial charge in [0.15, 0.2) is 0 Å². The van der Waals surface area contributed by atoms with Crippen LogP contribution in [0.15, 0.2) is 66.0 Å². The Morgan fingerprint density at radius 1 is 1.06 bits per heavy atom. The average molecular weight is 463 g/mol. The Morgan fingerprint density at radius 3 is 2.39 bits per heavy atom. The Balaban J connectivity index is 1.47. The lowest BCUT2D eigenvalue weighted by Gasteiger charge is -2.25. The monoisotopic (exact) mass is 462 g/mol. The zero-order valence-corrected chi connectivity index (χ0v) is 17.7. The quantitative estimate of drug-likeness (QED) is 0.527. The molecule has 31 heavy (non-hydrogen) atoms. The minimum atomic E-state index is -4.43. The van der Waals surface area contributed by atoms with Crippen molar-refractivity contribution in [3.05, 3.63) is 82.0 Å². The summed E-state index contributed by atoms with van der Waals surface area (Å²) < 4.78 is 38.5. The smallest absolute Gasteiger partial charge is 0.326 e. The molecule has 0 spiro atoms. The zero-order valence-electron chi connectivity index (χ0n) is 16.1. The lowest BCUT2D eigenvalue weighted by atomic mass is 10.1. The minimum Gasteiger partial charge on any atom is -0.326 e. The number of anilines is 2. The number of hydrogen-bond donors (Lipinski definition) is 1. The first-order valence-electron chi connectivity index (χ1n) is 9.34. The maximum Gasteiger partial charge on any atom is 0.416 e. The van der Waals surface area contributed by atoms with Gasteiger partial charge in [0.1, 0.15) is 5.37 Å². The number of hydrogen-bond acceptors (Lipinski definition) is 4. The highest BCUT2D eigenvalue weighted by atomic mass is 32.2. The van der Waals surface area contributed by atoms with E-state index in [1.54, 1.807) is 12.1 Å². The summed E-state index contributed by atoms with van der Waals surface area (Å²) in [5.74, 6) is -0.0413. The van der Waals surface area contributed by atoms with Crippen LogP contribution in [0.2, 0.25) is 0 Å². The first-order chi connectivity index (χ1) is 14.8. The summed E-state index contributed by atoms with van der Waals surface area (Å²) in [5, 5.41) is 4.41. The van der Waals surface area contributed by atoms with Crippen molar-refractivity contribution in [3.63, 3.8) is 0 Å². The number of rotatable bonds is 5. The number of amides is 2. The van der Waals surface area contributed by atoms with Gasteiger partial charge in [-0.05, 0) is 53.4 Å². The fourth-order valence-electron chi connectivity index (χ4n) is 3.27. The van der Waals surface area contributed by atoms with Crippen molar-refractivity contribution in [1.29, 1.82) is 0 Å². The summed E-state index contributed by atoms with van der Waals surface area (Å²) in [6, 6.07) is 15.5. The number of thiophene rings is 1. The largest absolute Gasteiger partial charge is 0.416 e. The third kappa shape index (κ3) is 4.94. The highest BCUT2D eigenvalue weighted by molar-refractivity contribution is 8.00. The van der Waals surface area contributed by atoms with Crippen LogP contribution >= 0.6 is 23.1 Å². The molecule has 2 heterocycles. The van der Waals surface area contributed by atoms with E-state index in [1.807, 2.05) is 29.6 Å². The van der Waals surface area contributed by atoms with Crippen molar-refractivity contribution in [2.24, 2.45) is 0 Å². The van der Waals surface area contributed by atoms with E-state index < -0.39 is 11.7 Å². The van der Waals surface area contributed by atoms with Crippen molar-refractivity contribution in [2.45, 2.75) is 18.0 Å². The van der Waals surface area contributed by atoms with Gasteiger partial charge in [0.05, 0.1) is 17.7 Å². The van der Waals surface area contributed by atoms with E-state index in [1.165, 1.54) is 40.1 Å². The van der Waals surface area contributed by atoms with Crippen LogP contribution in [0.1, 0.15) is 21.4 Å². The van der Waals surface area contributed by atoms with Gasteiger partial charge >= 0.3 is 6.18 Å². The lowest BCUT2D eigenvalue weighted by molar-refractivity contribution is -0.137. The van der Waals surface area contributed by atoms with Gasteiger partial charge < -0.3 is 5.32 Å². The summed E-state index contributed by atoms with van der Waals surface area (Å²) >= 11 is 2.93. The van der Waals surface area contributed by atoms with Crippen LogP contribution in [0, 0.1) is 0 Å². The number of carbonyl (C=O) groups excluding carboxylic acids is 2. The number of benzene rings is 2. The molecular weight excluding hydrogens is 445 g/mol. The Bertz CT molecular complexity index is 1070. The second-order valence-corrected chi connectivity index (χ2v) is 9.00. The molecule has 2 amide bonds. The molecule has 1 N–H and O–H groups in total. The standard InChI is InChI=1S/C22H17F3N2O2S2/c23-22(24,25)15-5-9-17(10-6-15)27-20(29)13-31-21(27)14-3-7-16(8-4-14)26-19(28)12-18-2-1-11-30-18/h1-11,21H,12-13H2,(H,26,28)/t21-/m0/s1. The third-order valence-electron chi connectivity index (χ3n) is 4.74. The van der Waals surface area contributed by atoms with E-state index in [0.29, 0.717) is 17.8 Å². The molecule has 4 rings (SSSR count). The highest BCUT2D eigenvalue weighted by Gasteiger charge is 2.35. The fraction of sp³-hybridized carbons (Fsp3) is 0.182. The van der Waals surface area contributed by atoms with Gasteiger partial charge in [0, 0.05) is 16.3 Å². The summed E-state index contributed by atoms with van der Waals surface area (Å²) in [5.41, 5.74) is 1.13. The van der Waals surface area contributed by atoms with Crippen LogP contribution in [-0.2, 0) is 22.2 Å². The molecule has 1 aromatic heterocycles. The Hall–Kier alpha value is -2.78. The van der Waals surface area contributed by atoms with E-state index in [0.717, 1.165) is 22.6 Å². The number of halogens is 3. The van der Waals surface area contributed by atoms with Crippen molar-refractivity contribution in [2.75, 3.05) is 16.0 Å². The number of thioether (sulfide) groups is 1. The van der Waals surface area contributed by atoms with E-state index >= 15 is 0 Å². The van der Waals surface area contributed by atoms with Gasteiger partial charge in [-0.15, -0.1) is 23.1 Å². The number of nitrogens with zero attached hydrogens (tertiary/aromatic N) is 1. The summed E-state index contributed by atoms with van der Waals surface area (Å²) in [7, 11) is 0. The molecule has 160 valence electrons. The van der Waals surface area contributed by atoms with E-state index in [4.69, 9.17) is 0 Å². The molecule has 1 fully saturated rings. The molecule has 1 saturated heterocycles. The van der Waals surface area contributed by atoms with Gasteiger partial charge in [-0.2, -0.15) is 13.2 Å². The van der Waals surface area contributed by atoms with E-state index in [2.05, 4.69) is 5.32 Å². The van der Waals surface area contributed by atoms with E-state index in [-0.39, 0.29) is 22.9 Å². The molecule has 1 atom stereocenters. The van der Waals surface area contributed by atoms with Crippen molar-refractivity contribution in [3.8, 4) is 0 Å². The van der Waals surface area contributed by atoms with Crippen LogP contribution in [0.3, 0.4) is 0 Å². The predicted octanol–water partition coefficient (Wildman–Crippen LogP) is 5.73. The van der Waals surface area contributed by atoms with Crippen molar-refractivity contribution < 1.29 is 22.8 Å². The molecule has 1 aliphatic heterocycles. The molecule has 2 aromatic carbocycles. The lowest BCUT2D eigenvalue weighted by Crippen LogP contribution is -2.27. The predicted molar refractivity (Wildman–Crippen MR) is 117 cm³/mol. The molecule has 9 heteroatoms. The number of alkyl halides is 3. The van der Waals surface area contributed by atoms with Gasteiger partial charge in [0.2, 0.25) is 11.8 Å². The zero-order chi connectivity index (χ0) is 22.0. The maximum absolute atomic E-state index is 12.8. The molecule has 0 radical (unpaired) electrons. The van der Waals surface area contributed by atoms with Crippen LogP contribution in [-0.4, -0.2) is 17.6 Å². The fourth-order valence-corrected chi connectivity index (χ4v) is 5.15. The van der Waals surface area contributed by atoms with Gasteiger partial charge in [-0.1, -0.05) is 18.2 Å². The normalized spacial score (nSPS) is 16.5. The van der Waals surface area contributed by atoms with Gasteiger partial charge in [0.25, 0.3) is 0 Å². The average Bonchev–Trinajstić information content (AvgIpc) is 3.37. The first-order valence-corrected chi connectivity index (χ1v) is 11.3. The Morgan fingerprint density at radius 2 is 1.77 bits per heavy atom.